The topological polar surface area (TPSA) is 77.1 Å². The van der Waals surface area contributed by atoms with Gasteiger partial charge in [0.1, 0.15) is 12.4 Å². The van der Waals surface area contributed by atoms with E-state index in [9.17, 15) is 18.4 Å². The van der Waals surface area contributed by atoms with E-state index in [1.807, 2.05) is 6.92 Å². The predicted octanol–water partition coefficient (Wildman–Crippen LogP) is 2.27. The Kier molecular flexibility index (Phi) is 5.57. The van der Waals surface area contributed by atoms with Gasteiger partial charge in [0.2, 0.25) is 5.91 Å². The van der Waals surface area contributed by atoms with Crippen LogP contribution in [0, 0.1) is 11.6 Å². The molecule has 0 radical (unpaired) electrons. The lowest BCUT2D eigenvalue weighted by atomic mass is 9.82. The summed E-state index contributed by atoms with van der Waals surface area (Å²) >= 11 is 0. The first-order chi connectivity index (χ1) is 15.4. The molecule has 4 aliphatic heterocycles. The van der Waals surface area contributed by atoms with Gasteiger partial charge in [-0.05, 0) is 51.0 Å². The second-order valence-corrected chi connectivity index (χ2v) is 9.47. The van der Waals surface area contributed by atoms with Crippen LogP contribution in [0.4, 0.5) is 8.78 Å². The van der Waals surface area contributed by atoms with Gasteiger partial charge in [-0.15, -0.1) is 0 Å². The van der Waals surface area contributed by atoms with E-state index in [0.29, 0.717) is 31.4 Å². The van der Waals surface area contributed by atoms with E-state index in [2.05, 4.69) is 5.32 Å². The Morgan fingerprint density at radius 3 is 2.66 bits per heavy atom. The fourth-order valence-electron chi connectivity index (χ4n) is 5.97. The number of rotatable bonds is 0. The van der Waals surface area contributed by atoms with Crippen LogP contribution in [0.1, 0.15) is 50.5 Å². The van der Waals surface area contributed by atoms with Crippen LogP contribution in [0.3, 0.4) is 0 Å². The lowest BCUT2D eigenvalue weighted by Crippen LogP contribution is -2.65. The normalized spacial score (nSPS) is 35.3. The highest BCUT2D eigenvalue weighted by Crippen LogP contribution is 2.42. The van der Waals surface area contributed by atoms with E-state index in [-0.39, 0.29) is 55.4 Å². The fraction of sp³-hybridized carbons (Fsp3) is 0.652. The van der Waals surface area contributed by atoms with Crippen LogP contribution in [0.5, 0.6) is 5.75 Å². The zero-order chi connectivity index (χ0) is 22.5. The number of carbonyl (C=O) groups excluding carboxylic acids is 2. The van der Waals surface area contributed by atoms with E-state index in [0.717, 1.165) is 18.9 Å². The van der Waals surface area contributed by atoms with Crippen LogP contribution in [0.2, 0.25) is 0 Å². The summed E-state index contributed by atoms with van der Waals surface area (Å²) in [4.78, 5) is 27.1. The number of fused-ring (bicyclic) bond motifs is 5. The predicted molar refractivity (Wildman–Crippen MR) is 109 cm³/mol. The average molecular weight is 450 g/mol. The molecule has 0 unspecified atom stereocenters. The number of carbonyl (C=O) groups is 2. The third kappa shape index (κ3) is 3.75. The molecule has 5 aliphatic rings. The highest BCUT2D eigenvalue weighted by Gasteiger charge is 2.55. The molecular weight excluding hydrogens is 422 g/mol. The monoisotopic (exact) mass is 450 g/mol. The Balaban J connectivity index is 1.50. The highest BCUT2D eigenvalue weighted by molar-refractivity contribution is 5.81. The van der Waals surface area contributed by atoms with Crippen LogP contribution in [0.25, 0.3) is 0 Å². The minimum absolute atomic E-state index is 0.00258. The third-order valence-electron chi connectivity index (χ3n) is 7.36. The molecule has 6 rings (SSSR count). The van der Waals surface area contributed by atoms with Gasteiger partial charge in [0.05, 0.1) is 30.9 Å². The molecule has 32 heavy (non-hydrogen) atoms. The van der Waals surface area contributed by atoms with Gasteiger partial charge in [-0.3, -0.25) is 9.59 Å². The number of nitrogens with zero attached hydrogens (tertiary/aromatic N) is 1. The largest absolute Gasteiger partial charge is 0.480 e. The first-order valence-corrected chi connectivity index (χ1v) is 11.3. The highest BCUT2D eigenvalue weighted by atomic mass is 19.1. The van der Waals surface area contributed by atoms with Gasteiger partial charge >= 0.3 is 0 Å². The van der Waals surface area contributed by atoms with Gasteiger partial charge in [-0.2, -0.15) is 0 Å². The number of benzene rings is 1. The number of hydrogen-bond acceptors (Lipinski definition) is 5. The van der Waals surface area contributed by atoms with Crippen molar-refractivity contribution in [2.45, 2.75) is 68.7 Å². The number of nitrogens with one attached hydrogen (secondary N) is 1. The molecule has 2 amide bonds. The van der Waals surface area contributed by atoms with Crippen LogP contribution in [-0.4, -0.2) is 66.9 Å². The maximum atomic E-state index is 14.7. The standard InChI is InChI=1S/C23H28F2N2O5/c1-13-8-23(12-30-10-20(28)26-23)19-9-31-16-4-2-14(3-5-16)17-6-15(24)7-18(25)22(17)32-11-21(29)27(13)19/h6-7,13-14,16,19H,2-5,8-12H2,1H3,(H,26,28)/t13-,14-,16+,19+,23-/m1/s1. The summed E-state index contributed by atoms with van der Waals surface area (Å²) in [6, 6.07) is 1.50. The Bertz CT molecular complexity index is 920. The molecule has 9 heteroatoms. The zero-order valence-corrected chi connectivity index (χ0v) is 18.1. The van der Waals surface area contributed by atoms with E-state index >= 15 is 0 Å². The molecule has 4 heterocycles. The van der Waals surface area contributed by atoms with E-state index < -0.39 is 23.2 Å². The Morgan fingerprint density at radius 1 is 1.12 bits per heavy atom. The molecular formula is C23H28F2N2O5. The number of halogens is 2. The van der Waals surface area contributed by atoms with Crippen molar-refractivity contribution in [1.29, 1.82) is 0 Å². The fourth-order valence-corrected chi connectivity index (χ4v) is 5.97. The summed E-state index contributed by atoms with van der Waals surface area (Å²) in [7, 11) is 0. The van der Waals surface area contributed by atoms with Gasteiger partial charge < -0.3 is 24.4 Å². The van der Waals surface area contributed by atoms with Crippen molar-refractivity contribution in [3.8, 4) is 5.75 Å². The van der Waals surface area contributed by atoms with Crippen LogP contribution in [0.15, 0.2) is 12.1 Å². The van der Waals surface area contributed by atoms with Gasteiger partial charge in [-0.25, -0.2) is 8.78 Å². The molecule has 1 aromatic carbocycles. The van der Waals surface area contributed by atoms with Crippen molar-refractivity contribution < 1.29 is 32.6 Å². The Labute approximate surface area is 185 Å². The van der Waals surface area contributed by atoms with Crippen LogP contribution < -0.4 is 10.1 Å². The third-order valence-corrected chi connectivity index (χ3v) is 7.36. The smallest absolute Gasteiger partial charge is 0.261 e. The lowest BCUT2D eigenvalue weighted by molar-refractivity contribution is -0.145. The van der Waals surface area contributed by atoms with Gasteiger partial charge in [0, 0.05) is 17.7 Å². The van der Waals surface area contributed by atoms with Gasteiger partial charge in [0.15, 0.2) is 18.2 Å². The molecule has 7 nitrogen and oxygen atoms in total. The molecule has 2 bridgehead atoms. The van der Waals surface area contributed by atoms with E-state index in [1.165, 1.54) is 6.07 Å². The molecule has 1 saturated carbocycles. The molecule has 174 valence electrons. The van der Waals surface area contributed by atoms with E-state index in [4.69, 9.17) is 14.2 Å². The van der Waals surface area contributed by atoms with Crippen molar-refractivity contribution in [3.05, 3.63) is 29.3 Å². The second kappa shape index (κ2) is 8.26. The van der Waals surface area contributed by atoms with Crippen molar-refractivity contribution in [2.24, 2.45) is 0 Å². The minimum atomic E-state index is -0.795. The maximum Gasteiger partial charge on any atom is 0.261 e. The number of ether oxygens (including phenoxy) is 3. The zero-order valence-electron chi connectivity index (χ0n) is 18.1. The summed E-state index contributed by atoms with van der Waals surface area (Å²) in [5.41, 5.74) is -0.253. The molecule has 1 aromatic rings. The molecule has 3 atom stereocenters. The van der Waals surface area contributed by atoms with Crippen molar-refractivity contribution in [1.82, 2.24) is 10.2 Å². The average Bonchev–Trinajstić information content (AvgIpc) is 3.01. The van der Waals surface area contributed by atoms with Crippen molar-refractivity contribution in [2.75, 3.05) is 26.4 Å². The minimum Gasteiger partial charge on any atom is -0.480 e. The molecule has 2 saturated heterocycles. The maximum absolute atomic E-state index is 14.7. The van der Waals surface area contributed by atoms with E-state index in [1.54, 1.807) is 4.90 Å². The quantitative estimate of drug-likeness (QED) is 0.656. The SMILES string of the molecule is C[C@@H]1C[C@@]2(COCC(=O)N2)[C@@H]2CO[C@H]3CC[C@H](CC3)c3cc(F)cc(F)c3OCC(=O)N12. The first-order valence-electron chi connectivity index (χ1n) is 11.3. The molecule has 0 aromatic heterocycles. The Morgan fingerprint density at radius 2 is 1.91 bits per heavy atom. The summed E-state index contributed by atoms with van der Waals surface area (Å²) in [6.45, 7) is 2.10. The lowest BCUT2D eigenvalue weighted by Gasteiger charge is -2.41. The first kappa shape index (κ1) is 21.6. The molecule has 3 fully saturated rings. The van der Waals surface area contributed by atoms with Gasteiger partial charge in [-0.1, -0.05) is 0 Å². The summed E-state index contributed by atoms with van der Waals surface area (Å²) in [6.07, 6.45) is 3.44. The van der Waals surface area contributed by atoms with Crippen LogP contribution >= 0.6 is 0 Å². The number of morpholine rings is 1. The number of hydrogen-bond donors (Lipinski definition) is 1. The van der Waals surface area contributed by atoms with Gasteiger partial charge in [0.25, 0.3) is 5.91 Å². The second-order valence-electron chi connectivity index (χ2n) is 9.47. The summed E-state index contributed by atoms with van der Waals surface area (Å²) < 4.78 is 46.2. The van der Waals surface area contributed by atoms with Crippen molar-refractivity contribution >= 4 is 11.8 Å². The number of amides is 2. The van der Waals surface area contributed by atoms with Crippen LogP contribution in [-0.2, 0) is 19.1 Å². The summed E-state index contributed by atoms with van der Waals surface area (Å²) in [5.74, 6) is -2.09. The summed E-state index contributed by atoms with van der Waals surface area (Å²) in [5, 5.41) is 3.06. The molecule has 1 spiro atoms. The Hall–Kier alpha value is -2.26. The molecule has 1 N–H and O–H groups in total. The van der Waals surface area contributed by atoms with Crippen molar-refractivity contribution in [3.63, 3.8) is 0 Å². The molecule has 1 aliphatic carbocycles.